The average molecular weight is 300 g/mol. The number of aromatic nitrogens is 2. The van der Waals surface area contributed by atoms with Gasteiger partial charge < -0.3 is 10.2 Å². The van der Waals surface area contributed by atoms with Crippen LogP contribution in [0.4, 0.5) is 5.82 Å². The first kappa shape index (κ1) is 13.8. The van der Waals surface area contributed by atoms with Crippen molar-refractivity contribution < 1.29 is 4.74 Å². The third-order valence-corrected chi connectivity index (χ3v) is 4.25. The number of benzene rings is 1. The number of aryl methyl sites for hydroxylation is 2. The number of thiophene rings is 1. The molecule has 108 valence electrons. The maximum Gasteiger partial charge on any atom is 0.163 e. The normalized spacial score (nSPS) is 10.9. The SMILES string of the molecule is COc1ccc(-c2nc(NN)c3cc(C)sc3n2)cc1C. The fraction of sp³-hybridized carbons (Fsp3) is 0.200. The first-order valence-corrected chi connectivity index (χ1v) is 7.34. The van der Waals surface area contributed by atoms with Gasteiger partial charge in [-0.05, 0) is 43.7 Å². The molecule has 0 radical (unpaired) electrons. The van der Waals surface area contributed by atoms with E-state index in [1.165, 1.54) is 4.88 Å². The van der Waals surface area contributed by atoms with E-state index in [0.717, 1.165) is 27.1 Å². The summed E-state index contributed by atoms with van der Waals surface area (Å²) in [7, 11) is 1.66. The minimum Gasteiger partial charge on any atom is -0.496 e. The minimum absolute atomic E-state index is 0.646. The third kappa shape index (κ3) is 2.43. The molecule has 3 rings (SSSR count). The topological polar surface area (TPSA) is 73.1 Å². The van der Waals surface area contributed by atoms with Crippen molar-refractivity contribution in [2.75, 3.05) is 12.5 Å². The Labute approximate surface area is 126 Å². The van der Waals surface area contributed by atoms with E-state index in [1.54, 1.807) is 18.4 Å². The molecule has 5 nitrogen and oxygen atoms in total. The second kappa shape index (κ2) is 5.31. The fourth-order valence-electron chi connectivity index (χ4n) is 2.30. The van der Waals surface area contributed by atoms with Crippen molar-refractivity contribution >= 4 is 27.4 Å². The predicted octanol–water partition coefficient (Wildman–Crippen LogP) is 3.27. The van der Waals surface area contributed by atoms with Crippen LogP contribution in [-0.2, 0) is 0 Å². The number of hydrogen-bond acceptors (Lipinski definition) is 6. The molecule has 3 aromatic rings. The number of anilines is 1. The van der Waals surface area contributed by atoms with Crippen molar-refractivity contribution in [3.63, 3.8) is 0 Å². The maximum absolute atomic E-state index is 5.59. The molecule has 2 aromatic heterocycles. The standard InChI is InChI=1S/C15H16N4OS/c1-8-6-10(4-5-12(8)20-3)13-17-14(19-16)11-7-9(2)21-15(11)18-13/h4-7H,16H2,1-3H3,(H,17,18,19). The van der Waals surface area contributed by atoms with Gasteiger partial charge in [-0.2, -0.15) is 0 Å². The Balaban J connectivity index is 2.17. The molecule has 0 aliphatic carbocycles. The first-order chi connectivity index (χ1) is 10.1. The lowest BCUT2D eigenvalue weighted by molar-refractivity contribution is 0.412. The lowest BCUT2D eigenvalue weighted by atomic mass is 10.1. The number of nitrogens with zero attached hydrogens (tertiary/aromatic N) is 2. The van der Waals surface area contributed by atoms with Gasteiger partial charge >= 0.3 is 0 Å². The molecular formula is C15H16N4OS. The van der Waals surface area contributed by atoms with Gasteiger partial charge in [0.2, 0.25) is 0 Å². The molecule has 2 heterocycles. The van der Waals surface area contributed by atoms with Gasteiger partial charge in [0.25, 0.3) is 0 Å². The number of rotatable bonds is 3. The molecule has 0 saturated heterocycles. The van der Waals surface area contributed by atoms with Crippen LogP contribution >= 0.6 is 11.3 Å². The number of nitrogen functional groups attached to an aromatic ring is 1. The highest BCUT2D eigenvalue weighted by Gasteiger charge is 2.12. The van der Waals surface area contributed by atoms with Gasteiger partial charge in [-0.25, -0.2) is 15.8 Å². The van der Waals surface area contributed by atoms with Crippen molar-refractivity contribution in [3.05, 3.63) is 34.7 Å². The van der Waals surface area contributed by atoms with Gasteiger partial charge in [-0.1, -0.05) is 0 Å². The van der Waals surface area contributed by atoms with Crippen LogP contribution in [0, 0.1) is 13.8 Å². The summed E-state index contributed by atoms with van der Waals surface area (Å²) in [4.78, 5) is 11.3. The fourth-order valence-corrected chi connectivity index (χ4v) is 3.18. The predicted molar refractivity (Wildman–Crippen MR) is 86.7 cm³/mol. The van der Waals surface area contributed by atoms with Crippen LogP contribution in [-0.4, -0.2) is 17.1 Å². The van der Waals surface area contributed by atoms with E-state index in [-0.39, 0.29) is 0 Å². The van der Waals surface area contributed by atoms with Gasteiger partial charge in [0, 0.05) is 10.4 Å². The highest BCUT2D eigenvalue weighted by molar-refractivity contribution is 7.18. The number of nitrogens with one attached hydrogen (secondary N) is 1. The Morgan fingerprint density at radius 3 is 2.67 bits per heavy atom. The zero-order valence-electron chi connectivity index (χ0n) is 12.1. The van der Waals surface area contributed by atoms with Crippen LogP contribution in [0.15, 0.2) is 24.3 Å². The van der Waals surface area contributed by atoms with E-state index in [4.69, 9.17) is 10.6 Å². The highest BCUT2D eigenvalue weighted by Crippen LogP contribution is 2.31. The van der Waals surface area contributed by atoms with E-state index in [2.05, 4.69) is 15.4 Å². The summed E-state index contributed by atoms with van der Waals surface area (Å²) in [5.41, 5.74) is 4.65. The number of hydrazine groups is 1. The summed E-state index contributed by atoms with van der Waals surface area (Å²) >= 11 is 1.63. The van der Waals surface area contributed by atoms with E-state index < -0.39 is 0 Å². The molecular weight excluding hydrogens is 284 g/mol. The van der Waals surface area contributed by atoms with Gasteiger partial charge in [0.05, 0.1) is 12.5 Å². The summed E-state index contributed by atoms with van der Waals surface area (Å²) in [5, 5.41) is 0.953. The van der Waals surface area contributed by atoms with Gasteiger partial charge in [0.15, 0.2) is 11.6 Å². The van der Waals surface area contributed by atoms with Crippen molar-refractivity contribution in [2.45, 2.75) is 13.8 Å². The molecule has 0 bridgehead atoms. The van der Waals surface area contributed by atoms with E-state index in [9.17, 15) is 0 Å². The largest absolute Gasteiger partial charge is 0.496 e. The minimum atomic E-state index is 0.646. The summed E-state index contributed by atoms with van der Waals surface area (Å²) < 4.78 is 5.28. The molecule has 0 amide bonds. The second-order valence-electron chi connectivity index (χ2n) is 4.80. The van der Waals surface area contributed by atoms with Crippen LogP contribution in [0.3, 0.4) is 0 Å². The van der Waals surface area contributed by atoms with Crippen LogP contribution < -0.4 is 16.0 Å². The molecule has 21 heavy (non-hydrogen) atoms. The molecule has 1 aromatic carbocycles. The Morgan fingerprint density at radius 2 is 2.00 bits per heavy atom. The van der Waals surface area contributed by atoms with Crippen LogP contribution in [0.5, 0.6) is 5.75 Å². The number of fused-ring (bicyclic) bond motifs is 1. The average Bonchev–Trinajstić information content (AvgIpc) is 2.86. The van der Waals surface area contributed by atoms with Crippen molar-refractivity contribution in [2.24, 2.45) is 5.84 Å². The molecule has 0 unspecified atom stereocenters. The molecule has 6 heteroatoms. The van der Waals surface area contributed by atoms with Crippen LogP contribution in [0.1, 0.15) is 10.4 Å². The van der Waals surface area contributed by atoms with Gasteiger partial charge in [-0.15, -0.1) is 11.3 Å². The van der Waals surface area contributed by atoms with Crippen LogP contribution in [0.2, 0.25) is 0 Å². The lowest BCUT2D eigenvalue weighted by Gasteiger charge is -2.08. The van der Waals surface area contributed by atoms with E-state index in [1.807, 2.05) is 38.1 Å². The summed E-state index contributed by atoms with van der Waals surface area (Å²) in [6.45, 7) is 4.04. The quantitative estimate of drug-likeness (QED) is 0.573. The summed E-state index contributed by atoms with van der Waals surface area (Å²) in [6, 6.07) is 7.93. The van der Waals surface area contributed by atoms with Crippen molar-refractivity contribution in [3.8, 4) is 17.1 Å². The molecule has 0 atom stereocenters. The van der Waals surface area contributed by atoms with Gasteiger partial charge in [0.1, 0.15) is 10.6 Å². The number of hydrogen-bond donors (Lipinski definition) is 2. The maximum atomic E-state index is 5.59. The van der Waals surface area contributed by atoms with Crippen LogP contribution in [0.25, 0.3) is 21.6 Å². The zero-order chi connectivity index (χ0) is 15.0. The summed E-state index contributed by atoms with van der Waals surface area (Å²) in [5.74, 6) is 7.74. The molecule has 0 aliphatic rings. The monoisotopic (exact) mass is 300 g/mol. The van der Waals surface area contributed by atoms with E-state index in [0.29, 0.717) is 11.6 Å². The Bertz CT molecular complexity index is 813. The lowest BCUT2D eigenvalue weighted by Crippen LogP contribution is -2.09. The van der Waals surface area contributed by atoms with Crippen molar-refractivity contribution in [1.82, 2.24) is 9.97 Å². The number of nitrogens with two attached hydrogens (primary N) is 1. The Kier molecular flexibility index (Phi) is 3.48. The second-order valence-corrected chi connectivity index (χ2v) is 6.04. The summed E-state index contributed by atoms with van der Waals surface area (Å²) in [6.07, 6.45) is 0. The number of ether oxygens (including phenoxy) is 1. The van der Waals surface area contributed by atoms with Crippen molar-refractivity contribution in [1.29, 1.82) is 0 Å². The molecule has 0 spiro atoms. The third-order valence-electron chi connectivity index (χ3n) is 3.31. The van der Waals surface area contributed by atoms with E-state index >= 15 is 0 Å². The molecule has 0 fully saturated rings. The smallest absolute Gasteiger partial charge is 0.163 e. The molecule has 0 aliphatic heterocycles. The Hall–Kier alpha value is -2.18. The zero-order valence-corrected chi connectivity index (χ0v) is 12.9. The Morgan fingerprint density at radius 1 is 1.19 bits per heavy atom. The highest BCUT2D eigenvalue weighted by atomic mass is 32.1. The first-order valence-electron chi connectivity index (χ1n) is 6.52. The molecule has 3 N–H and O–H groups in total. The van der Waals surface area contributed by atoms with Gasteiger partial charge in [-0.3, -0.25) is 0 Å². The number of methoxy groups -OCH3 is 1. The molecule has 0 saturated carbocycles.